The van der Waals surface area contributed by atoms with Crippen LogP contribution in [0.15, 0.2) is 48.0 Å². The minimum Gasteiger partial charge on any atom is -0.507 e. The fourth-order valence-electron chi connectivity index (χ4n) is 4.45. The molecule has 2 aromatic rings. The summed E-state index contributed by atoms with van der Waals surface area (Å²) in [6.45, 7) is 8.13. The van der Waals surface area contributed by atoms with Gasteiger partial charge in [-0.05, 0) is 55.3 Å². The number of aryl methyl sites for hydroxylation is 1. The van der Waals surface area contributed by atoms with Gasteiger partial charge in [0, 0.05) is 36.8 Å². The largest absolute Gasteiger partial charge is 0.507 e. The molecule has 180 valence electrons. The van der Waals surface area contributed by atoms with Gasteiger partial charge in [-0.15, -0.1) is 0 Å². The standard InChI is InChI=1S/C26H29ClN2O5/c1-3-34-21-9-6-19(16-17(21)2)24(30)22-23(18-4-7-20(27)8-5-18)29(26(32)25(22)31)11-10-28-12-14-33-15-13-28/h4-9,16,23,30H,3,10-15H2,1-2H3/t23-/m0/s1. The molecule has 7 nitrogen and oxygen atoms in total. The van der Waals surface area contributed by atoms with Crippen LogP contribution >= 0.6 is 11.6 Å². The Morgan fingerprint density at radius 3 is 2.47 bits per heavy atom. The van der Waals surface area contributed by atoms with Crippen molar-refractivity contribution in [2.45, 2.75) is 19.9 Å². The van der Waals surface area contributed by atoms with Gasteiger partial charge in [0.2, 0.25) is 0 Å². The molecular weight excluding hydrogens is 456 g/mol. The predicted molar refractivity (Wildman–Crippen MR) is 130 cm³/mol. The van der Waals surface area contributed by atoms with Gasteiger partial charge >= 0.3 is 0 Å². The maximum Gasteiger partial charge on any atom is 0.295 e. The summed E-state index contributed by atoms with van der Waals surface area (Å²) in [7, 11) is 0. The molecule has 0 radical (unpaired) electrons. The number of halogens is 1. The highest BCUT2D eigenvalue weighted by Gasteiger charge is 2.46. The van der Waals surface area contributed by atoms with Crippen LogP contribution in [0.4, 0.5) is 0 Å². The van der Waals surface area contributed by atoms with Gasteiger partial charge in [-0.1, -0.05) is 23.7 Å². The predicted octanol–water partition coefficient (Wildman–Crippen LogP) is 3.80. The van der Waals surface area contributed by atoms with E-state index in [1.165, 1.54) is 0 Å². The van der Waals surface area contributed by atoms with Gasteiger partial charge in [0.1, 0.15) is 11.5 Å². The second-order valence-corrected chi connectivity index (χ2v) is 8.85. The summed E-state index contributed by atoms with van der Waals surface area (Å²) < 4.78 is 11.0. The van der Waals surface area contributed by atoms with E-state index >= 15 is 0 Å². The van der Waals surface area contributed by atoms with Crippen molar-refractivity contribution in [1.82, 2.24) is 9.80 Å². The fourth-order valence-corrected chi connectivity index (χ4v) is 4.57. The van der Waals surface area contributed by atoms with Crippen LogP contribution in [0.25, 0.3) is 5.76 Å². The van der Waals surface area contributed by atoms with Crippen molar-refractivity contribution in [2.75, 3.05) is 46.0 Å². The van der Waals surface area contributed by atoms with Gasteiger partial charge in [0.25, 0.3) is 11.7 Å². The smallest absolute Gasteiger partial charge is 0.295 e. The molecule has 34 heavy (non-hydrogen) atoms. The van der Waals surface area contributed by atoms with Crippen molar-refractivity contribution in [3.05, 3.63) is 69.8 Å². The molecule has 0 bridgehead atoms. The summed E-state index contributed by atoms with van der Waals surface area (Å²) in [6.07, 6.45) is 0. The first kappa shape index (κ1) is 24.3. The molecular formula is C26H29ClN2O5. The maximum absolute atomic E-state index is 13.2. The number of benzene rings is 2. The van der Waals surface area contributed by atoms with Crippen molar-refractivity contribution < 1.29 is 24.2 Å². The van der Waals surface area contributed by atoms with E-state index in [1.807, 2.05) is 13.8 Å². The highest BCUT2D eigenvalue weighted by Crippen LogP contribution is 2.40. The van der Waals surface area contributed by atoms with Crippen LogP contribution in [0.5, 0.6) is 5.75 Å². The van der Waals surface area contributed by atoms with Crippen LogP contribution in [0.2, 0.25) is 5.02 Å². The minimum atomic E-state index is -0.704. The Labute approximate surface area is 204 Å². The molecule has 0 aliphatic carbocycles. The number of carbonyl (C=O) groups excluding carboxylic acids is 2. The maximum atomic E-state index is 13.2. The van der Waals surface area contributed by atoms with Crippen molar-refractivity contribution >= 4 is 29.1 Å². The molecule has 0 spiro atoms. The number of morpholine rings is 1. The molecule has 4 rings (SSSR count). The number of ether oxygens (including phenoxy) is 2. The molecule has 1 amide bonds. The highest BCUT2D eigenvalue weighted by atomic mass is 35.5. The van der Waals surface area contributed by atoms with Gasteiger partial charge < -0.3 is 19.5 Å². The topological polar surface area (TPSA) is 79.3 Å². The number of carbonyl (C=O) groups is 2. The first-order valence-electron chi connectivity index (χ1n) is 11.5. The zero-order chi connectivity index (χ0) is 24.2. The highest BCUT2D eigenvalue weighted by molar-refractivity contribution is 6.46. The number of Topliss-reactive ketones (excluding diaryl/α,β-unsaturated/α-hetero) is 1. The lowest BCUT2D eigenvalue weighted by molar-refractivity contribution is -0.140. The number of hydrogen-bond donors (Lipinski definition) is 1. The van der Waals surface area contributed by atoms with Gasteiger partial charge in [-0.3, -0.25) is 14.5 Å². The fraction of sp³-hybridized carbons (Fsp3) is 0.385. The Balaban J connectivity index is 1.73. The number of aliphatic hydroxyl groups is 1. The lowest BCUT2D eigenvalue weighted by atomic mass is 9.95. The summed E-state index contributed by atoms with van der Waals surface area (Å²) >= 11 is 6.09. The monoisotopic (exact) mass is 484 g/mol. The van der Waals surface area contributed by atoms with Gasteiger partial charge in [0.15, 0.2) is 0 Å². The number of aliphatic hydroxyl groups excluding tert-OH is 1. The number of nitrogens with zero attached hydrogens (tertiary/aromatic N) is 2. The third-order valence-corrected chi connectivity index (χ3v) is 6.49. The van der Waals surface area contributed by atoms with Crippen LogP contribution in [0.1, 0.15) is 29.7 Å². The molecule has 2 aliphatic rings. The average Bonchev–Trinajstić information content (AvgIpc) is 3.09. The molecule has 0 unspecified atom stereocenters. The van der Waals surface area contributed by atoms with Crippen LogP contribution < -0.4 is 4.74 Å². The lowest BCUT2D eigenvalue weighted by Gasteiger charge is -2.31. The quantitative estimate of drug-likeness (QED) is 0.366. The molecule has 2 aliphatic heterocycles. The van der Waals surface area contributed by atoms with E-state index in [-0.39, 0.29) is 11.3 Å². The van der Waals surface area contributed by atoms with Crippen LogP contribution in [-0.2, 0) is 14.3 Å². The van der Waals surface area contributed by atoms with E-state index in [1.54, 1.807) is 47.4 Å². The summed E-state index contributed by atoms with van der Waals surface area (Å²) in [4.78, 5) is 30.1. The van der Waals surface area contributed by atoms with E-state index < -0.39 is 17.7 Å². The summed E-state index contributed by atoms with van der Waals surface area (Å²) in [5.74, 6) is -0.791. The first-order valence-corrected chi connectivity index (χ1v) is 11.9. The number of rotatable bonds is 7. The molecule has 1 atom stereocenters. The minimum absolute atomic E-state index is 0.0814. The molecule has 0 aromatic heterocycles. The number of likely N-dealkylation sites (tertiary alicyclic amines) is 1. The van der Waals surface area contributed by atoms with Gasteiger partial charge in [-0.2, -0.15) is 0 Å². The Morgan fingerprint density at radius 1 is 1.12 bits per heavy atom. The molecule has 0 saturated carbocycles. The van der Waals surface area contributed by atoms with Crippen molar-refractivity contribution in [3.8, 4) is 5.75 Å². The Bertz CT molecular complexity index is 1090. The molecule has 8 heteroatoms. The second-order valence-electron chi connectivity index (χ2n) is 8.41. The lowest BCUT2D eigenvalue weighted by Crippen LogP contribution is -2.42. The van der Waals surface area contributed by atoms with Gasteiger partial charge in [-0.25, -0.2) is 0 Å². The van der Waals surface area contributed by atoms with Crippen LogP contribution in [0, 0.1) is 6.92 Å². The van der Waals surface area contributed by atoms with E-state index in [2.05, 4.69) is 4.90 Å². The number of amides is 1. The molecule has 2 fully saturated rings. The molecule has 2 aromatic carbocycles. The van der Waals surface area contributed by atoms with E-state index in [0.29, 0.717) is 49.2 Å². The first-order chi connectivity index (χ1) is 16.4. The zero-order valence-corrected chi connectivity index (χ0v) is 20.2. The van der Waals surface area contributed by atoms with E-state index in [9.17, 15) is 14.7 Å². The van der Waals surface area contributed by atoms with Gasteiger partial charge in [0.05, 0.1) is 31.4 Å². The molecule has 2 heterocycles. The second kappa shape index (κ2) is 10.6. The zero-order valence-electron chi connectivity index (χ0n) is 19.4. The average molecular weight is 485 g/mol. The van der Waals surface area contributed by atoms with Crippen molar-refractivity contribution in [2.24, 2.45) is 0 Å². The SMILES string of the molecule is CCOc1ccc(C(O)=C2C(=O)C(=O)N(CCN3CCOCC3)[C@H]2c2ccc(Cl)cc2)cc1C. The van der Waals surface area contributed by atoms with E-state index in [0.717, 1.165) is 24.2 Å². The summed E-state index contributed by atoms with van der Waals surface area (Å²) in [5, 5.41) is 11.8. The van der Waals surface area contributed by atoms with Crippen LogP contribution in [0.3, 0.4) is 0 Å². The molecule has 1 N–H and O–H groups in total. The normalized spacial score (nSPS) is 20.7. The summed E-state index contributed by atoms with van der Waals surface area (Å²) in [6, 6.07) is 11.5. The number of hydrogen-bond acceptors (Lipinski definition) is 6. The summed E-state index contributed by atoms with van der Waals surface area (Å²) in [5.41, 5.74) is 2.09. The Morgan fingerprint density at radius 2 is 1.82 bits per heavy atom. The molecule has 2 saturated heterocycles. The third kappa shape index (κ3) is 4.97. The van der Waals surface area contributed by atoms with Crippen molar-refractivity contribution in [1.29, 1.82) is 0 Å². The Kier molecular flexibility index (Phi) is 7.56. The van der Waals surface area contributed by atoms with Crippen molar-refractivity contribution in [3.63, 3.8) is 0 Å². The van der Waals surface area contributed by atoms with Crippen LogP contribution in [-0.4, -0.2) is 72.6 Å². The number of ketones is 1. The van der Waals surface area contributed by atoms with E-state index in [4.69, 9.17) is 21.1 Å². The third-order valence-electron chi connectivity index (χ3n) is 6.23. The Hall–Kier alpha value is -2.87.